The average molecular weight is 368 g/mol. The lowest BCUT2D eigenvalue weighted by Crippen LogP contribution is -2.26. The first-order valence-corrected chi connectivity index (χ1v) is 8.86. The molecule has 0 bridgehead atoms. The largest absolute Gasteiger partial charge is 0.460 e. The molecule has 0 unspecified atom stereocenters. The van der Waals surface area contributed by atoms with Gasteiger partial charge in [-0.25, -0.2) is 0 Å². The van der Waals surface area contributed by atoms with E-state index in [1.165, 1.54) is 6.26 Å². The van der Waals surface area contributed by atoms with E-state index in [1.807, 2.05) is 24.3 Å². The Bertz CT molecular complexity index is 947. The summed E-state index contributed by atoms with van der Waals surface area (Å²) in [5.41, 5.74) is -0.950. The maximum absolute atomic E-state index is 12.5. The van der Waals surface area contributed by atoms with E-state index in [-0.39, 0.29) is 11.9 Å². The quantitative estimate of drug-likeness (QED) is 0.442. The molecule has 3 rings (SSSR count). The molecule has 0 amide bonds. The zero-order chi connectivity index (χ0) is 20.0. The molecule has 1 aromatic heterocycles. The summed E-state index contributed by atoms with van der Waals surface area (Å²) >= 11 is 0. The molecule has 27 heavy (non-hydrogen) atoms. The second kappa shape index (κ2) is 6.41. The Labute approximate surface area is 158 Å². The van der Waals surface area contributed by atoms with Gasteiger partial charge in [-0.1, -0.05) is 24.3 Å². The number of carbonyl (C=O) groups excluding carboxylic acids is 2. The molecular weight excluding hydrogens is 344 g/mol. The minimum atomic E-state index is -0.669. The van der Waals surface area contributed by atoms with Crippen LogP contribution in [-0.2, 0) is 9.59 Å². The Kier molecular flexibility index (Phi) is 4.50. The van der Waals surface area contributed by atoms with Crippen LogP contribution in [0.15, 0.2) is 41.0 Å². The first-order chi connectivity index (χ1) is 12.5. The Hall–Kier alpha value is -2.82. The summed E-state index contributed by atoms with van der Waals surface area (Å²) in [7, 11) is 0. The standard InChI is InChI=1S/C22H24O5/c1-21(2,3)19(23)26-16-13-9-7-8-10-14(13)18(17-15(16)11-12-25-17)27-20(24)22(4,5)6/h7-12H,1-6H3. The molecule has 0 N–H and O–H groups in total. The van der Waals surface area contributed by atoms with Gasteiger partial charge in [0, 0.05) is 10.8 Å². The van der Waals surface area contributed by atoms with Gasteiger partial charge in [0.25, 0.3) is 0 Å². The lowest BCUT2D eigenvalue weighted by Gasteiger charge is -2.20. The van der Waals surface area contributed by atoms with Gasteiger partial charge < -0.3 is 13.9 Å². The number of benzene rings is 2. The van der Waals surface area contributed by atoms with Crippen molar-refractivity contribution in [1.82, 2.24) is 0 Å². The topological polar surface area (TPSA) is 65.7 Å². The molecular formula is C22H24O5. The Morgan fingerprint density at radius 2 is 1.22 bits per heavy atom. The number of carbonyl (C=O) groups is 2. The molecule has 3 aromatic rings. The van der Waals surface area contributed by atoms with Gasteiger partial charge in [-0.2, -0.15) is 0 Å². The van der Waals surface area contributed by atoms with Gasteiger partial charge in [-0.05, 0) is 47.6 Å². The Morgan fingerprint density at radius 3 is 1.74 bits per heavy atom. The van der Waals surface area contributed by atoms with E-state index >= 15 is 0 Å². The molecule has 142 valence electrons. The normalized spacial score (nSPS) is 12.4. The lowest BCUT2D eigenvalue weighted by atomic mass is 9.97. The Balaban J connectivity index is 2.25. The average Bonchev–Trinajstić information content (AvgIpc) is 3.05. The molecule has 0 aliphatic carbocycles. The number of furan rings is 1. The van der Waals surface area contributed by atoms with E-state index in [0.29, 0.717) is 33.2 Å². The highest BCUT2D eigenvalue weighted by Crippen LogP contribution is 2.44. The maximum Gasteiger partial charge on any atom is 0.316 e. The summed E-state index contributed by atoms with van der Waals surface area (Å²) in [6.45, 7) is 10.7. The first-order valence-electron chi connectivity index (χ1n) is 8.86. The van der Waals surface area contributed by atoms with E-state index in [4.69, 9.17) is 13.9 Å². The van der Waals surface area contributed by atoms with Crippen molar-refractivity contribution in [3.63, 3.8) is 0 Å². The number of esters is 2. The molecule has 0 aliphatic rings. The van der Waals surface area contributed by atoms with Gasteiger partial charge in [0.1, 0.15) is 5.75 Å². The summed E-state index contributed by atoms with van der Waals surface area (Å²) in [4.78, 5) is 25.0. The number of rotatable bonds is 2. The highest BCUT2D eigenvalue weighted by molar-refractivity contribution is 6.11. The number of ether oxygens (including phenoxy) is 2. The third-order valence-corrected chi connectivity index (χ3v) is 4.15. The third kappa shape index (κ3) is 3.54. The third-order valence-electron chi connectivity index (χ3n) is 4.15. The molecule has 0 saturated heterocycles. The van der Waals surface area contributed by atoms with Crippen LogP contribution in [0.1, 0.15) is 41.5 Å². The lowest BCUT2D eigenvalue weighted by molar-refractivity contribution is -0.143. The van der Waals surface area contributed by atoms with Crippen LogP contribution in [0, 0.1) is 10.8 Å². The highest BCUT2D eigenvalue weighted by atomic mass is 16.5. The molecule has 0 radical (unpaired) electrons. The molecule has 0 aliphatic heterocycles. The molecule has 0 atom stereocenters. The van der Waals surface area contributed by atoms with Crippen molar-refractivity contribution in [3.05, 3.63) is 36.6 Å². The van der Waals surface area contributed by atoms with E-state index in [0.717, 1.165) is 0 Å². The van der Waals surface area contributed by atoms with Crippen molar-refractivity contribution in [2.75, 3.05) is 0 Å². The second-order valence-corrected chi connectivity index (χ2v) is 8.65. The molecule has 2 aromatic carbocycles. The minimum Gasteiger partial charge on any atom is -0.460 e. The van der Waals surface area contributed by atoms with E-state index in [1.54, 1.807) is 47.6 Å². The van der Waals surface area contributed by atoms with Crippen LogP contribution in [0.4, 0.5) is 0 Å². The van der Waals surface area contributed by atoms with Crippen molar-refractivity contribution in [2.24, 2.45) is 10.8 Å². The molecule has 0 fully saturated rings. The number of hydrogen-bond donors (Lipinski definition) is 0. The van der Waals surface area contributed by atoms with Gasteiger partial charge in [0.15, 0.2) is 11.3 Å². The van der Waals surface area contributed by atoms with Crippen molar-refractivity contribution in [2.45, 2.75) is 41.5 Å². The molecule has 5 heteroatoms. The molecule has 0 spiro atoms. The summed E-state index contributed by atoms with van der Waals surface area (Å²) < 4.78 is 17.1. The van der Waals surface area contributed by atoms with Crippen molar-refractivity contribution in [3.8, 4) is 11.5 Å². The zero-order valence-corrected chi connectivity index (χ0v) is 16.5. The van der Waals surface area contributed by atoms with E-state index < -0.39 is 10.8 Å². The van der Waals surface area contributed by atoms with Gasteiger partial charge >= 0.3 is 11.9 Å². The fraction of sp³-hybridized carbons (Fsp3) is 0.364. The van der Waals surface area contributed by atoms with Crippen molar-refractivity contribution < 1.29 is 23.5 Å². The van der Waals surface area contributed by atoms with Crippen LogP contribution < -0.4 is 9.47 Å². The fourth-order valence-corrected chi connectivity index (χ4v) is 2.51. The predicted molar refractivity (Wildman–Crippen MR) is 104 cm³/mol. The highest BCUT2D eigenvalue weighted by Gasteiger charge is 2.29. The van der Waals surface area contributed by atoms with Crippen LogP contribution in [0.2, 0.25) is 0 Å². The zero-order valence-electron chi connectivity index (χ0n) is 16.5. The van der Waals surface area contributed by atoms with Crippen LogP contribution in [0.25, 0.3) is 21.7 Å². The van der Waals surface area contributed by atoms with E-state index in [9.17, 15) is 9.59 Å². The van der Waals surface area contributed by atoms with Crippen LogP contribution in [0.5, 0.6) is 11.5 Å². The predicted octanol–water partition coefficient (Wildman–Crippen LogP) is 5.49. The monoisotopic (exact) mass is 368 g/mol. The summed E-state index contributed by atoms with van der Waals surface area (Å²) in [5, 5.41) is 1.91. The first kappa shape index (κ1) is 19.0. The van der Waals surface area contributed by atoms with Crippen molar-refractivity contribution in [1.29, 1.82) is 0 Å². The van der Waals surface area contributed by atoms with Gasteiger partial charge in [-0.3, -0.25) is 9.59 Å². The van der Waals surface area contributed by atoms with Gasteiger partial charge in [0.05, 0.1) is 22.5 Å². The second-order valence-electron chi connectivity index (χ2n) is 8.65. The van der Waals surface area contributed by atoms with Crippen LogP contribution in [0.3, 0.4) is 0 Å². The minimum absolute atomic E-state index is 0.334. The van der Waals surface area contributed by atoms with Gasteiger partial charge in [0.2, 0.25) is 0 Å². The fourth-order valence-electron chi connectivity index (χ4n) is 2.51. The SMILES string of the molecule is CC(C)(C)C(=O)Oc1c2ccccc2c(OC(=O)C(C)(C)C)c2occc12. The van der Waals surface area contributed by atoms with Crippen LogP contribution in [-0.4, -0.2) is 11.9 Å². The van der Waals surface area contributed by atoms with E-state index in [2.05, 4.69) is 0 Å². The van der Waals surface area contributed by atoms with Crippen LogP contribution >= 0.6 is 0 Å². The molecule has 5 nitrogen and oxygen atoms in total. The summed E-state index contributed by atoms with van der Waals surface area (Å²) in [6.07, 6.45) is 1.49. The number of fused-ring (bicyclic) bond motifs is 2. The smallest absolute Gasteiger partial charge is 0.316 e. The van der Waals surface area contributed by atoms with Gasteiger partial charge in [-0.15, -0.1) is 0 Å². The summed E-state index contributed by atoms with van der Waals surface area (Å²) in [5.74, 6) is 0.0188. The molecule has 1 heterocycles. The maximum atomic E-state index is 12.5. The molecule has 0 saturated carbocycles. The Morgan fingerprint density at radius 1 is 0.741 bits per heavy atom. The summed E-state index contributed by atoms with van der Waals surface area (Å²) in [6, 6.07) is 9.04. The van der Waals surface area contributed by atoms with Crippen molar-refractivity contribution >= 4 is 33.7 Å². The number of hydrogen-bond acceptors (Lipinski definition) is 5.